The molecule has 12 heavy (non-hydrogen) atoms. The van der Waals surface area contributed by atoms with Crippen LogP contribution in [0, 0.1) is 22.2 Å². The van der Waals surface area contributed by atoms with Crippen molar-refractivity contribution in [1.29, 1.82) is 0 Å². The monoisotopic (exact) mass is 275 g/mol. The minimum Gasteiger partial charge on any atom is -0.206 e. The molecule has 2 unspecified atom stereocenters. The number of hydrogen-bond donors (Lipinski definition) is 0. The third-order valence-electron chi connectivity index (χ3n) is 2.29. The summed E-state index contributed by atoms with van der Waals surface area (Å²) in [6, 6.07) is 5.47. The van der Waals surface area contributed by atoms with E-state index in [-0.39, 0.29) is 5.82 Å². The fourth-order valence-corrected chi connectivity index (χ4v) is 1.73. The highest BCUT2D eigenvalue weighted by Gasteiger charge is 2.34. The SMILES string of the molecule is [CH2]C1CC1c1ccc(I)c(F)c1. The average Bonchev–Trinajstić information content (AvgIpc) is 2.73. The summed E-state index contributed by atoms with van der Waals surface area (Å²) in [7, 11) is 0. The van der Waals surface area contributed by atoms with Crippen LogP contribution in [0.15, 0.2) is 18.2 Å². The second-order valence-corrected chi connectivity index (χ2v) is 4.44. The zero-order valence-corrected chi connectivity index (χ0v) is 8.71. The first-order valence-electron chi connectivity index (χ1n) is 3.96. The van der Waals surface area contributed by atoms with Crippen molar-refractivity contribution >= 4 is 22.6 Å². The maximum atomic E-state index is 13.1. The van der Waals surface area contributed by atoms with Crippen LogP contribution in [0.1, 0.15) is 17.9 Å². The van der Waals surface area contributed by atoms with E-state index >= 15 is 0 Å². The van der Waals surface area contributed by atoms with Crippen LogP contribution in [-0.2, 0) is 0 Å². The number of rotatable bonds is 1. The third-order valence-corrected chi connectivity index (χ3v) is 3.17. The smallest absolute Gasteiger partial charge is 0.136 e. The molecule has 2 atom stereocenters. The van der Waals surface area contributed by atoms with Crippen molar-refractivity contribution in [3.8, 4) is 0 Å². The van der Waals surface area contributed by atoms with Crippen molar-refractivity contribution in [2.75, 3.05) is 0 Å². The third kappa shape index (κ3) is 1.49. The number of hydrogen-bond acceptors (Lipinski definition) is 0. The van der Waals surface area contributed by atoms with Crippen molar-refractivity contribution in [2.24, 2.45) is 5.92 Å². The Morgan fingerprint density at radius 2 is 2.17 bits per heavy atom. The van der Waals surface area contributed by atoms with Gasteiger partial charge in [-0.2, -0.15) is 0 Å². The molecule has 1 radical (unpaired) electrons. The highest BCUT2D eigenvalue weighted by atomic mass is 127. The molecule has 0 saturated heterocycles. The zero-order valence-electron chi connectivity index (χ0n) is 6.56. The van der Waals surface area contributed by atoms with Gasteiger partial charge in [-0.3, -0.25) is 0 Å². The first-order chi connectivity index (χ1) is 5.68. The Kier molecular flexibility index (Phi) is 2.10. The van der Waals surface area contributed by atoms with E-state index in [4.69, 9.17) is 0 Å². The predicted molar refractivity (Wildman–Crippen MR) is 55.3 cm³/mol. The molecule has 0 nitrogen and oxygen atoms in total. The molecule has 1 saturated carbocycles. The molecule has 0 amide bonds. The first-order valence-corrected chi connectivity index (χ1v) is 5.04. The van der Waals surface area contributed by atoms with Crippen molar-refractivity contribution in [2.45, 2.75) is 12.3 Å². The van der Waals surface area contributed by atoms with Crippen molar-refractivity contribution in [3.63, 3.8) is 0 Å². The van der Waals surface area contributed by atoms with Crippen molar-refractivity contribution < 1.29 is 4.39 Å². The summed E-state index contributed by atoms with van der Waals surface area (Å²) >= 11 is 2.00. The normalized spacial score (nSPS) is 27.2. The van der Waals surface area contributed by atoms with E-state index in [0.717, 1.165) is 12.0 Å². The lowest BCUT2D eigenvalue weighted by Gasteiger charge is -1.99. The Morgan fingerprint density at radius 1 is 1.50 bits per heavy atom. The molecule has 1 aromatic carbocycles. The van der Waals surface area contributed by atoms with Gasteiger partial charge in [0.2, 0.25) is 0 Å². The molecule has 0 spiro atoms. The summed E-state index contributed by atoms with van der Waals surface area (Å²) in [6.07, 6.45) is 1.11. The largest absolute Gasteiger partial charge is 0.206 e. The van der Waals surface area contributed by atoms with Gasteiger partial charge in [0.05, 0.1) is 0 Å². The van der Waals surface area contributed by atoms with E-state index in [9.17, 15) is 4.39 Å². The van der Waals surface area contributed by atoms with Gasteiger partial charge in [-0.1, -0.05) is 6.07 Å². The second kappa shape index (κ2) is 2.98. The second-order valence-electron chi connectivity index (χ2n) is 3.28. The summed E-state index contributed by atoms with van der Waals surface area (Å²) in [4.78, 5) is 0. The van der Waals surface area contributed by atoms with Crippen LogP contribution in [0.2, 0.25) is 0 Å². The van der Waals surface area contributed by atoms with E-state index in [2.05, 4.69) is 6.92 Å². The predicted octanol–water partition coefficient (Wildman–Crippen LogP) is 3.37. The summed E-state index contributed by atoms with van der Waals surface area (Å²) in [5.41, 5.74) is 1.10. The van der Waals surface area contributed by atoms with E-state index in [1.54, 1.807) is 6.07 Å². The summed E-state index contributed by atoms with van der Waals surface area (Å²) in [5.74, 6) is 0.910. The van der Waals surface area contributed by atoms with Gasteiger partial charge in [0.15, 0.2) is 0 Å². The van der Waals surface area contributed by atoms with Gasteiger partial charge in [-0.15, -0.1) is 0 Å². The zero-order chi connectivity index (χ0) is 8.72. The minimum atomic E-state index is -0.104. The van der Waals surface area contributed by atoms with Crippen LogP contribution in [0.5, 0.6) is 0 Å². The summed E-state index contributed by atoms with van der Waals surface area (Å²) in [6.45, 7) is 3.94. The van der Waals surface area contributed by atoms with E-state index < -0.39 is 0 Å². The van der Waals surface area contributed by atoms with Gasteiger partial charge in [0.1, 0.15) is 5.82 Å². The molecule has 0 aliphatic heterocycles. The molecular weight excluding hydrogens is 266 g/mol. The first kappa shape index (κ1) is 8.48. The van der Waals surface area contributed by atoms with Gasteiger partial charge >= 0.3 is 0 Å². The van der Waals surface area contributed by atoms with E-state index in [1.807, 2.05) is 34.7 Å². The van der Waals surface area contributed by atoms with Crippen LogP contribution in [-0.4, -0.2) is 0 Å². The molecule has 0 aromatic heterocycles. The molecule has 2 heteroatoms. The summed E-state index contributed by atoms with van der Waals surface area (Å²) in [5, 5.41) is 0. The molecule has 0 bridgehead atoms. The maximum absolute atomic E-state index is 13.1. The van der Waals surface area contributed by atoms with Crippen LogP contribution >= 0.6 is 22.6 Å². The average molecular weight is 275 g/mol. The van der Waals surface area contributed by atoms with E-state index in [1.165, 1.54) is 0 Å². The van der Waals surface area contributed by atoms with Gasteiger partial charge < -0.3 is 0 Å². The molecule has 0 N–H and O–H groups in total. The number of halogens is 2. The van der Waals surface area contributed by atoms with Gasteiger partial charge in [-0.25, -0.2) is 4.39 Å². The standard InChI is InChI=1S/C10H9FI/c1-6-4-8(6)7-2-3-10(12)9(11)5-7/h2-3,5-6,8H,1,4H2. The highest BCUT2D eigenvalue weighted by Crippen LogP contribution is 2.46. The molecule has 2 rings (SSSR count). The Bertz CT molecular complexity index is 309. The quantitative estimate of drug-likeness (QED) is 0.689. The van der Waals surface area contributed by atoms with Gasteiger partial charge in [0, 0.05) is 3.57 Å². The van der Waals surface area contributed by atoms with Crippen LogP contribution in [0.3, 0.4) is 0 Å². The van der Waals surface area contributed by atoms with Crippen LogP contribution in [0.25, 0.3) is 0 Å². The molecule has 1 fully saturated rings. The Hall–Kier alpha value is -0.120. The Labute approximate surface area is 85.3 Å². The molecule has 1 aliphatic rings. The van der Waals surface area contributed by atoms with E-state index in [0.29, 0.717) is 15.4 Å². The topological polar surface area (TPSA) is 0 Å². The van der Waals surface area contributed by atoms with Crippen LogP contribution in [0.4, 0.5) is 4.39 Å². The van der Waals surface area contributed by atoms with Gasteiger partial charge in [0.25, 0.3) is 0 Å². The lowest BCUT2D eigenvalue weighted by Crippen LogP contribution is -1.86. The summed E-state index contributed by atoms with van der Waals surface area (Å²) < 4.78 is 13.8. The molecule has 1 aliphatic carbocycles. The lowest BCUT2D eigenvalue weighted by molar-refractivity contribution is 0.617. The van der Waals surface area contributed by atoms with Gasteiger partial charge in [-0.05, 0) is 65.5 Å². The Balaban J connectivity index is 2.29. The fourth-order valence-electron chi connectivity index (χ4n) is 1.40. The Morgan fingerprint density at radius 3 is 2.67 bits per heavy atom. The molecular formula is C10H9FI. The van der Waals surface area contributed by atoms with Crippen LogP contribution < -0.4 is 0 Å². The number of benzene rings is 1. The van der Waals surface area contributed by atoms with Crippen molar-refractivity contribution in [3.05, 3.63) is 40.1 Å². The molecule has 1 aromatic rings. The molecule has 0 heterocycles. The highest BCUT2D eigenvalue weighted by molar-refractivity contribution is 14.1. The van der Waals surface area contributed by atoms with Crippen molar-refractivity contribution in [1.82, 2.24) is 0 Å². The molecule has 63 valence electrons. The fraction of sp³-hybridized carbons (Fsp3) is 0.300. The lowest BCUT2D eigenvalue weighted by atomic mass is 10.1. The minimum absolute atomic E-state index is 0.104. The maximum Gasteiger partial charge on any atom is 0.136 e.